The van der Waals surface area contributed by atoms with Crippen LogP contribution in [0, 0.1) is 0 Å². The number of allylic oxidation sites excluding steroid dienone is 1. The van der Waals surface area contributed by atoms with Crippen LogP contribution in [0.15, 0.2) is 29.8 Å². The van der Waals surface area contributed by atoms with E-state index < -0.39 is 0 Å². The van der Waals surface area contributed by atoms with E-state index in [-0.39, 0.29) is 11.2 Å². The molecule has 0 N–H and O–H groups in total. The van der Waals surface area contributed by atoms with Gasteiger partial charge in [0.25, 0.3) is 0 Å². The van der Waals surface area contributed by atoms with Crippen molar-refractivity contribution in [3.8, 4) is 11.5 Å². The van der Waals surface area contributed by atoms with Gasteiger partial charge in [-0.15, -0.1) is 0 Å². The van der Waals surface area contributed by atoms with Crippen LogP contribution in [0.5, 0.6) is 11.5 Å². The fourth-order valence-electron chi connectivity index (χ4n) is 3.84. The molecule has 1 saturated heterocycles. The normalized spacial score (nSPS) is 23.1. The molecule has 0 aliphatic carbocycles. The van der Waals surface area contributed by atoms with Crippen LogP contribution in [0.25, 0.3) is 0 Å². The Kier molecular flexibility index (Phi) is 5.15. The van der Waals surface area contributed by atoms with Crippen molar-refractivity contribution >= 4 is 0 Å². The standard InChI is InChI=1S/C22H32O3/c1-6-22(7-2)20(25-22)11-8-16(3)12-13-23-18-10-9-17-15-21(4,5)24-19(17)14-18/h9-10,12,14,20H,6-8,11,13,15H2,1-5H3/b16-12+. The lowest BCUT2D eigenvalue weighted by Gasteiger charge is -2.16. The fourth-order valence-corrected chi connectivity index (χ4v) is 3.84. The number of hydrogen-bond donors (Lipinski definition) is 0. The Bertz CT molecular complexity index is 641. The van der Waals surface area contributed by atoms with E-state index >= 15 is 0 Å². The van der Waals surface area contributed by atoms with Crippen molar-refractivity contribution in [2.24, 2.45) is 0 Å². The van der Waals surface area contributed by atoms with Gasteiger partial charge in [-0.1, -0.05) is 25.5 Å². The smallest absolute Gasteiger partial charge is 0.127 e. The van der Waals surface area contributed by atoms with E-state index in [1.54, 1.807) is 0 Å². The van der Waals surface area contributed by atoms with Crippen LogP contribution >= 0.6 is 0 Å². The molecule has 1 aromatic rings. The van der Waals surface area contributed by atoms with Crippen molar-refractivity contribution < 1.29 is 14.2 Å². The summed E-state index contributed by atoms with van der Waals surface area (Å²) in [6.45, 7) is 11.5. The van der Waals surface area contributed by atoms with E-state index in [1.807, 2.05) is 12.1 Å². The Morgan fingerprint density at radius 2 is 2.04 bits per heavy atom. The van der Waals surface area contributed by atoms with Gasteiger partial charge in [0.15, 0.2) is 0 Å². The van der Waals surface area contributed by atoms with E-state index in [4.69, 9.17) is 14.2 Å². The van der Waals surface area contributed by atoms with Crippen molar-refractivity contribution in [3.05, 3.63) is 35.4 Å². The summed E-state index contributed by atoms with van der Waals surface area (Å²) in [4.78, 5) is 0. The predicted octanol–water partition coefficient (Wildman–Crippen LogP) is 5.46. The fraction of sp³-hybridized carbons (Fsp3) is 0.636. The molecule has 3 heteroatoms. The monoisotopic (exact) mass is 344 g/mol. The van der Waals surface area contributed by atoms with Crippen molar-refractivity contribution in [2.45, 2.75) is 84.0 Å². The Hall–Kier alpha value is -1.48. The summed E-state index contributed by atoms with van der Waals surface area (Å²) in [6, 6.07) is 6.18. The molecule has 0 bridgehead atoms. The molecule has 1 fully saturated rings. The van der Waals surface area contributed by atoms with Crippen molar-refractivity contribution in [1.29, 1.82) is 0 Å². The molecule has 0 amide bonds. The van der Waals surface area contributed by atoms with Crippen LogP contribution in [0.2, 0.25) is 0 Å². The van der Waals surface area contributed by atoms with Crippen LogP contribution < -0.4 is 9.47 Å². The van der Waals surface area contributed by atoms with Crippen LogP contribution in [-0.2, 0) is 11.2 Å². The molecule has 2 aliphatic rings. The van der Waals surface area contributed by atoms with Gasteiger partial charge in [-0.2, -0.15) is 0 Å². The lowest BCUT2D eigenvalue weighted by atomic mass is 9.95. The molecule has 25 heavy (non-hydrogen) atoms. The molecule has 0 spiro atoms. The second-order valence-corrected chi connectivity index (χ2v) is 8.09. The van der Waals surface area contributed by atoms with Crippen molar-refractivity contribution in [1.82, 2.24) is 0 Å². The van der Waals surface area contributed by atoms with E-state index in [0.29, 0.717) is 12.7 Å². The molecule has 3 rings (SSSR count). The van der Waals surface area contributed by atoms with Gasteiger partial charge in [0.05, 0.1) is 11.7 Å². The highest BCUT2D eigenvalue weighted by molar-refractivity contribution is 5.44. The first kappa shape index (κ1) is 18.3. The van der Waals surface area contributed by atoms with Gasteiger partial charge < -0.3 is 14.2 Å². The van der Waals surface area contributed by atoms with Gasteiger partial charge in [-0.25, -0.2) is 0 Å². The molecule has 0 saturated carbocycles. The SMILES string of the molecule is CCC1(CC)OC1CC/C(C)=C/COc1ccc2c(c1)OC(C)(C)C2. The second-order valence-electron chi connectivity index (χ2n) is 8.09. The lowest BCUT2D eigenvalue weighted by molar-refractivity contribution is 0.138. The number of rotatable bonds is 8. The third-order valence-corrected chi connectivity index (χ3v) is 5.63. The van der Waals surface area contributed by atoms with Crippen LogP contribution in [0.3, 0.4) is 0 Å². The van der Waals surface area contributed by atoms with Crippen molar-refractivity contribution in [3.63, 3.8) is 0 Å². The molecule has 3 nitrogen and oxygen atoms in total. The molecular weight excluding hydrogens is 312 g/mol. The summed E-state index contributed by atoms with van der Waals surface area (Å²) in [7, 11) is 0. The summed E-state index contributed by atoms with van der Waals surface area (Å²) in [5.74, 6) is 1.84. The number of ether oxygens (including phenoxy) is 3. The minimum atomic E-state index is -0.103. The maximum atomic E-state index is 5.97. The maximum Gasteiger partial charge on any atom is 0.127 e. The minimum Gasteiger partial charge on any atom is -0.489 e. The molecule has 138 valence electrons. The zero-order chi connectivity index (χ0) is 18.1. The van der Waals surface area contributed by atoms with Gasteiger partial charge in [-0.05, 0) is 64.2 Å². The highest BCUT2D eigenvalue weighted by Crippen LogP contribution is 2.45. The number of epoxide rings is 1. The first-order valence-electron chi connectivity index (χ1n) is 9.65. The largest absolute Gasteiger partial charge is 0.489 e. The average molecular weight is 344 g/mol. The summed E-state index contributed by atoms with van der Waals surface area (Å²) < 4.78 is 17.8. The number of hydrogen-bond acceptors (Lipinski definition) is 3. The van der Waals surface area contributed by atoms with Gasteiger partial charge in [0.2, 0.25) is 0 Å². The van der Waals surface area contributed by atoms with Crippen LogP contribution in [0.4, 0.5) is 0 Å². The van der Waals surface area contributed by atoms with Gasteiger partial charge in [-0.3, -0.25) is 0 Å². The van der Waals surface area contributed by atoms with Crippen molar-refractivity contribution in [2.75, 3.05) is 6.61 Å². The third-order valence-electron chi connectivity index (χ3n) is 5.63. The minimum absolute atomic E-state index is 0.103. The van der Waals surface area contributed by atoms with E-state index in [2.05, 4.69) is 46.8 Å². The van der Waals surface area contributed by atoms with Crippen LogP contribution in [-0.4, -0.2) is 23.9 Å². The van der Waals surface area contributed by atoms with Crippen LogP contribution in [0.1, 0.15) is 65.9 Å². The molecule has 2 aliphatic heterocycles. The quantitative estimate of drug-likeness (QED) is 0.463. The molecule has 1 aromatic carbocycles. The summed E-state index contributed by atoms with van der Waals surface area (Å²) >= 11 is 0. The van der Waals surface area contributed by atoms with E-state index in [9.17, 15) is 0 Å². The first-order valence-corrected chi connectivity index (χ1v) is 9.65. The molecule has 0 aromatic heterocycles. The highest BCUT2D eigenvalue weighted by Gasteiger charge is 2.52. The maximum absolute atomic E-state index is 5.97. The number of benzene rings is 1. The molecule has 1 atom stereocenters. The van der Waals surface area contributed by atoms with Gasteiger partial charge in [0.1, 0.15) is 23.7 Å². The number of fused-ring (bicyclic) bond motifs is 1. The Balaban J connectivity index is 1.44. The average Bonchev–Trinajstić information content (AvgIpc) is 3.20. The summed E-state index contributed by atoms with van der Waals surface area (Å²) in [6.07, 6.45) is 8.03. The second kappa shape index (κ2) is 7.03. The lowest BCUT2D eigenvalue weighted by Crippen LogP contribution is -2.24. The Morgan fingerprint density at radius 3 is 2.72 bits per heavy atom. The van der Waals surface area contributed by atoms with E-state index in [1.165, 1.54) is 11.1 Å². The molecule has 0 radical (unpaired) electrons. The molecule has 1 unspecified atom stereocenters. The first-order chi connectivity index (χ1) is 11.9. The zero-order valence-electron chi connectivity index (χ0n) is 16.4. The Morgan fingerprint density at radius 1 is 1.28 bits per heavy atom. The highest BCUT2D eigenvalue weighted by atomic mass is 16.6. The topological polar surface area (TPSA) is 31.0 Å². The summed E-state index contributed by atoms with van der Waals surface area (Å²) in [5, 5.41) is 0. The van der Waals surface area contributed by atoms with Gasteiger partial charge in [0, 0.05) is 12.5 Å². The predicted molar refractivity (Wildman–Crippen MR) is 102 cm³/mol. The molecule has 2 heterocycles. The summed E-state index contributed by atoms with van der Waals surface area (Å²) in [5.41, 5.74) is 2.71. The van der Waals surface area contributed by atoms with Gasteiger partial charge >= 0.3 is 0 Å². The zero-order valence-corrected chi connectivity index (χ0v) is 16.4. The molecular formula is C22H32O3. The Labute approximate surface area is 152 Å². The van der Waals surface area contributed by atoms with E-state index in [0.717, 1.165) is 43.6 Å². The third kappa shape index (κ3) is 4.20.